The zero-order chi connectivity index (χ0) is 13.1. The van der Waals surface area contributed by atoms with Crippen molar-refractivity contribution in [3.63, 3.8) is 0 Å². The van der Waals surface area contributed by atoms with Gasteiger partial charge in [0.25, 0.3) is 0 Å². The highest BCUT2D eigenvalue weighted by molar-refractivity contribution is 7.13. The molecular weight excluding hydrogens is 258 g/mol. The zero-order valence-electron chi connectivity index (χ0n) is 10.2. The largest absolute Gasteiger partial charge is 0.399 e. The monoisotopic (exact) mass is 271 g/mol. The van der Waals surface area contributed by atoms with Gasteiger partial charge in [-0.05, 0) is 29.5 Å². The third kappa shape index (κ3) is 2.66. The molecule has 19 heavy (non-hydrogen) atoms. The standard InChI is InChI=1S/C14H13N3OS/c15-11-5-2-1-4-10(11)7-8-13-16-14(17-18-13)12-6-3-9-19-12/h1-6,9H,7-8,15H2. The predicted molar refractivity (Wildman–Crippen MR) is 75.9 cm³/mol. The third-order valence-corrected chi connectivity index (χ3v) is 3.74. The number of hydrogen-bond acceptors (Lipinski definition) is 5. The average Bonchev–Trinajstić information content (AvgIpc) is 3.09. The van der Waals surface area contributed by atoms with Gasteiger partial charge in [0.15, 0.2) is 0 Å². The van der Waals surface area contributed by atoms with E-state index in [1.165, 1.54) is 0 Å². The molecule has 0 radical (unpaired) electrons. The molecule has 4 nitrogen and oxygen atoms in total. The molecule has 1 aromatic carbocycles. The zero-order valence-corrected chi connectivity index (χ0v) is 11.1. The summed E-state index contributed by atoms with van der Waals surface area (Å²) >= 11 is 1.60. The first-order chi connectivity index (χ1) is 9.33. The van der Waals surface area contributed by atoms with Crippen LogP contribution in [-0.4, -0.2) is 10.1 Å². The summed E-state index contributed by atoms with van der Waals surface area (Å²) in [6.45, 7) is 0. The van der Waals surface area contributed by atoms with Crippen LogP contribution >= 0.6 is 11.3 Å². The van der Waals surface area contributed by atoms with E-state index in [-0.39, 0.29) is 0 Å². The Labute approximate surface area is 114 Å². The number of benzene rings is 1. The van der Waals surface area contributed by atoms with Crippen molar-refractivity contribution >= 4 is 17.0 Å². The molecular formula is C14H13N3OS. The maximum atomic E-state index is 5.90. The Hall–Kier alpha value is -2.14. The highest BCUT2D eigenvalue weighted by atomic mass is 32.1. The average molecular weight is 271 g/mol. The maximum absolute atomic E-state index is 5.90. The van der Waals surface area contributed by atoms with E-state index in [2.05, 4.69) is 10.1 Å². The number of aryl methyl sites for hydroxylation is 2. The van der Waals surface area contributed by atoms with Crippen LogP contribution in [0.4, 0.5) is 5.69 Å². The number of nitrogen functional groups attached to an aromatic ring is 1. The summed E-state index contributed by atoms with van der Waals surface area (Å²) < 4.78 is 5.25. The number of thiophene rings is 1. The van der Waals surface area contributed by atoms with E-state index < -0.39 is 0 Å². The molecule has 0 spiro atoms. The fourth-order valence-electron chi connectivity index (χ4n) is 1.87. The number of nitrogens with zero attached hydrogens (tertiary/aromatic N) is 2. The molecule has 0 bridgehead atoms. The van der Waals surface area contributed by atoms with Crippen LogP contribution in [0.25, 0.3) is 10.7 Å². The first kappa shape index (κ1) is 11.9. The van der Waals surface area contributed by atoms with E-state index in [0.29, 0.717) is 18.1 Å². The van der Waals surface area contributed by atoms with Gasteiger partial charge in [-0.15, -0.1) is 11.3 Å². The van der Waals surface area contributed by atoms with Gasteiger partial charge in [-0.1, -0.05) is 29.4 Å². The predicted octanol–water partition coefficient (Wildman–Crippen LogP) is 3.17. The molecule has 0 unspecified atom stereocenters. The fraction of sp³-hybridized carbons (Fsp3) is 0.143. The summed E-state index contributed by atoms with van der Waals surface area (Å²) in [4.78, 5) is 5.41. The highest BCUT2D eigenvalue weighted by Gasteiger charge is 2.09. The van der Waals surface area contributed by atoms with Crippen LogP contribution in [0.1, 0.15) is 11.5 Å². The second-order valence-corrected chi connectivity index (χ2v) is 5.14. The summed E-state index contributed by atoms with van der Waals surface area (Å²) in [5, 5.41) is 5.98. The Kier molecular flexibility index (Phi) is 3.29. The lowest BCUT2D eigenvalue weighted by molar-refractivity contribution is 0.379. The number of anilines is 1. The topological polar surface area (TPSA) is 64.9 Å². The van der Waals surface area contributed by atoms with Crippen molar-refractivity contribution in [2.75, 3.05) is 5.73 Å². The number of para-hydroxylation sites is 1. The second kappa shape index (κ2) is 5.24. The lowest BCUT2D eigenvalue weighted by Crippen LogP contribution is -1.96. The van der Waals surface area contributed by atoms with Gasteiger partial charge in [0.05, 0.1) is 4.88 Å². The molecule has 3 aromatic rings. The molecule has 0 aliphatic carbocycles. The van der Waals surface area contributed by atoms with E-state index in [1.807, 2.05) is 41.8 Å². The SMILES string of the molecule is Nc1ccccc1CCc1nc(-c2cccs2)no1. The van der Waals surface area contributed by atoms with E-state index in [0.717, 1.165) is 22.5 Å². The second-order valence-electron chi connectivity index (χ2n) is 4.19. The Bertz CT molecular complexity index is 661. The molecule has 2 heterocycles. The maximum Gasteiger partial charge on any atom is 0.227 e. The quantitative estimate of drug-likeness (QED) is 0.740. The summed E-state index contributed by atoms with van der Waals surface area (Å²) in [7, 11) is 0. The molecule has 3 rings (SSSR count). The smallest absolute Gasteiger partial charge is 0.227 e. The van der Waals surface area contributed by atoms with Gasteiger partial charge in [0.2, 0.25) is 11.7 Å². The lowest BCUT2D eigenvalue weighted by atomic mass is 10.1. The Morgan fingerprint density at radius 3 is 2.79 bits per heavy atom. The minimum atomic E-state index is 0.645. The summed E-state index contributed by atoms with van der Waals surface area (Å²) in [6.07, 6.45) is 1.51. The van der Waals surface area contributed by atoms with E-state index in [1.54, 1.807) is 11.3 Å². The fourth-order valence-corrected chi connectivity index (χ4v) is 2.51. The molecule has 5 heteroatoms. The number of rotatable bonds is 4. The minimum Gasteiger partial charge on any atom is -0.399 e. The first-order valence-corrected chi connectivity index (χ1v) is 6.91. The summed E-state index contributed by atoms with van der Waals surface area (Å²) in [6, 6.07) is 11.8. The molecule has 0 amide bonds. The Morgan fingerprint density at radius 2 is 2.00 bits per heavy atom. The molecule has 0 fully saturated rings. The number of nitrogens with two attached hydrogens (primary N) is 1. The van der Waals surface area contributed by atoms with Gasteiger partial charge in [0, 0.05) is 12.1 Å². The molecule has 0 saturated carbocycles. The van der Waals surface area contributed by atoms with Gasteiger partial charge < -0.3 is 10.3 Å². The normalized spacial score (nSPS) is 10.7. The van der Waals surface area contributed by atoms with Crippen molar-refractivity contribution < 1.29 is 4.52 Å². The molecule has 0 atom stereocenters. The van der Waals surface area contributed by atoms with Crippen molar-refractivity contribution in [1.82, 2.24) is 10.1 Å². The van der Waals surface area contributed by atoms with Gasteiger partial charge in [-0.3, -0.25) is 0 Å². The molecule has 2 aromatic heterocycles. The van der Waals surface area contributed by atoms with Crippen LogP contribution in [0.3, 0.4) is 0 Å². The van der Waals surface area contributed by atoms with Crippen molar-refractivity contribution in [3.8, 4) is 10.7 Å². The van der Waals surface area contributed by atoms with Crippen molar-refractivity contribution in [3.05, 3.63) is 53.2 Å². The Balaban J connectivity index is 1.70. The molecule has 96 valence electrons. The van der Waals surface area contributed by atoms with E-state index >= 15 is 0 Å². The van der Waals surface area contributed by atoms with Gasteiger partial charge in [-0.25, -0.2) is 0 Å². The lowest BCUT2D eigenvalue weighted by Gasteiger charge is -2.02. The van der Waals surface area contributed by atoms with Crippen LogP contribution in [0.15, 0.2) is 46.3 Å². The molecule has 0 saturated heterocycles. The van der Waals surface area contributed by atoms with Gasteiger partial charge >= 0.3 is 0 Å². The van der Waals surface area contributed by atoms with Crippen LogP contribution < -0.4 is 5.73 Å². The summed E-state index contributed by atoms with van der Waals surface area (Å²) in [5.41, 5.74) is 7.82. The van der Waals surface area contributed by atoms with Crippen molar-refractivity contribution in [2.45, 2.75) is 12.8 Å². The van der Waals surface area contributed by atoms with Gasteiger partial charge in [-0.2, -0.15) is 4.98 Å². The Morgan fingerprint density at radius 1 is 1.11 bits per heavy atom. The number of hydrogen-bond donors (Lipinski definition) is 1. The van der Waals surface area contributed by atoms with Crippen LogP contribution in [0.5, 0.6) is 0 Å². The van der Waals surface area contributed by atoms with E-state index in [4.69, 9.17) is 10.3 Å². The molecule has 0 aliphatic rings. The number of aromatic nitrogens is 2. The van der Waals surface area contributed by atoms with Crippen LogP contribution in [0, 0.1) is 0 Å². The van der Waals surface area contributed by atoms with Gasteiger partial charge in [0.1, 0.15) is 0 Å². The van der Waals surface area contributed by atoms with Crippen LogP contribution in [-0.2, 0) is 12.8 Å². The summed E-state index contributed by atoms with van der Waals surface area (Å²) in [5.74, 6) is 1.30. The first-order valence-electron chi connectivity index (χ1n) is 6.03. The van der Waals surface area contributed by atoms with E-state index in [9.17, 15) is 0 Å². The van der Waals surface area contributed by atoms with Crippen molar-refractivity contribution in [1.29, 1.82) is 0 Å². The molecule has 2 N–H and O–H groups in total. The van der Waals surface area contributed by atoms with Crippen LogP contribution in [0.2, 0.25) is 0 Å². The molecule has 0 aliphatic heterocycles. The highest BCUT2D eigenvalue weighted by Crippen LogP contribution is 2.22. The van der Waals surface area contributed by atoms with Crippen molar-refractivity contribution in [2.24, 2.45) is 0 Å². The third-order valence-electron chi connectivity index (χ3n) is 2.87. The minimum absolute atomic E-state index is 0.645.